The summed E-state index contributed by atoms with van der Waals surface area (Å²) in [5.41, 5.74) is 1.40. The molecule has 0 unspecified atom stereocenters. The van der Waals surface area contributed by atoms with Crippen LogP contribution >= 0.6 is 46.6 Å². The molecule has 0 saturated heterocycles. The maximum atomic E-state index is 12.2. The van der Waals surface area contributed by atoms with E-state index in [0.717, 1.165) is 28.5 Å². The maximum Gasteiger partial charge on any atom is 0.240 e. The first kappa shape index (κ1) is 24.2. The Morgan fingerprint density at radius 1 is 1.07 bits per heavy atom. The molecule has 0 aromatic heterocycles. The zero-order valence-corrected chi connectivity index (χ0v) is 19.6. The van der Waals surface area contributed by atoms with Crippen LogP contribution in [-0.4, -0.2) is 39.4 Å². The maximum absolute atomic E-state index is 12.2. The molecule has 0 spiro atoms. The van der Waals surface area contributed by atoms with Crippen molar-refractivity contribution in [2.75, 3.05) is 29.4 Å². The number of nitrogens with zero attached hydrogens (tertiary/aromatic N) is 1. The first-order valence-corrected chi connectivity index (χ1v) is 12.8. The number of carbonyl (C=O) groups is 1. The molecule has 0 aliphatic carbocycles. The number of carbonyl (C=O) groups excluding carboxylic acids is 1. The van der Waals surface area contributed by atoms with Gasteiger partial charge in [-0.25, -0.2) is 8.42 Å². The van der Waals surface area contributed by atoms with Gasteiger partial charge in [0.25, 0.3) is 0 Å². The number of nitrogens with one attached hydrogen (secondary N) is 1. The number of anilines is 1. The fourth-order valence-corrected chi connectivity index (χ4v) is 4.90. The molecule has 0 bridgehead atoms. The van der Waals surface area contributed by atoms with Gasteiger partial charge in [-0.1, -0.05) is 46.9 Å². The van der Waals surface area contributed by atoms with Crippen LogP contribution in [-0.2, 0) is 20.6 Å². The van der Waals surface area contributed by atoms with Crippen molar-refractivity contribution in [3.05, 3.63) is 63.1 Å². The van der Waals surface area contributed by atoms with E-state index in [4.69, 9.17) is 34.8 Å². The van der Waals surface area contributed by atoms with Gasteiger partial charge in [-0.3, -0.25) is 9.10 Å². The Kier molecular flexibility index (Phi) is 9.43. The van der Waals surface area contributed by atoms with Crippen molar-refractivity contribution in [1.82, 2.24) is 5.32 Å². The Balaban J connectivity index is 1.79. The quantitative estimate of drug-likeness (QED) is 0.478. The van der Waals surface area contributed by atoms with Gasteiger partial charge in [0.15, 0.2) is 0 Å². The van der Waals surface area contributed by atoms with Crippen LogP contribution in [0.25, 0.3) is 0 Å². The second kappa shape index (κ2) is 11.3. The fraction of sp³-hybridized carbons (Fsp3) is 0.316. The molecule has 29 heavy (non-hydrogen) atoms. The minimum Gasteiger partial charge on any atom is -0.354 e. The van der Waals surface area contributed by atoms with Gasteiger partial charge in [-0.05, 0) is 48.1 Å². The summed E-state index contributed by atoms with van der Waals surface area (Å²) in [6, 6.07) is 12.1. The smallest absolute Gasteiger partial charge is 0.240 e. The highest BCUT2D eigenvalue weighted by atomic mass is 35.5. The van der Waals surface area contributed by atoms with Gasteiger partial charge in [0.2, 0.25) is 15.9 Å². The molecule has 5 nitrogen and oxygen atoms in total. The lowest BCUT2D eigenvalue weighted by molar-refractivity contribution is -0.119. The van der Waals surface area contributed by atoms with Crippen LogP contribution in [0.1, 0.15) is 12.0 Å². The summed E-state index contributed by atoms with van der Waals surface area (Å²) in [5, 5.41) is 4.00. The summed E-state index contributed by atoms with van der Waals surface area (Å²) in [6.45, 7) is 0.108. The van der Waals surface area contributed by atoms with Gasteiger partial charge in [0.05, 0.1) is 17.0 Å². The minimum absolute atomic E-state index is 0.161. The van der Waals surface area contributed by atoms with Crippen molar-refractivity contribution < 1.29 is 13.2 Å². The van der Waals surface area contributed by atoms with Crippen molar-refractivity contribution in [3.63, 3.8) is 0 Å². The monoisotopic (exact) mass is 494 g/mol. The summed E-state index contributed by atoms with van der Waals surface area (Å²) < 4.78 is 25.2. The van der Waals surface area contributed by atoms with E-state index in [2.05, 4.69) is 5.32 Å². The summed E-state index contributed by atoms with van der Waals surface area (Å²) >= 11 is 19.6. The van der Waals surface area contributed by atoms with E-state index in [1.807, 2.05) is 24.3 Å². The van der Waals surface area contributed by atoms with Gasteiger partial charge in [0, 0.05) is 22.3 Å². The average Bonchev–Trinajstić information content (AvgIpc) is 2.64. The lowest BCUT2D eigenvalue weighted by atomic mass is 10.2. The molecule has 0 heterocycles. The van der Waals surface area contributed by atoms with E-state index in [0.29, 0.717) is 16.6 Å². The van der Waals surface area contributed by atoms with Crippen molar-refractivity contribution in [2.24, 2.45) is 0 Å². The third-order valence-electron chi connectivity index (χ3n) is 3.84. The van der Waals surface area contributed by atoms with E-state index >= 15 is 0 Å². The molecule has 158 valence electrons. The van der Waals surface area contributed by atoms with Crippen LogP contribution in [0.15, 0.2) is 42.5 Å². The minimum atomic E-state index is -3.69. The van der Waals surface area contributed by atoms with Gasteiger partial charge in [0.1, 0.15) is 6.54 Å². The highest BCUT2D eigenvalue weighted by molar-refractivity contribution is 7.98. The molecule has 0 radical (unpaired) electrons. The standard InChI is InChI=1S/C19H21Cl3N2O3S2/c1-29(26,27)24(18-8-7-16(21)11-17(18)22)12-19(25)23-9-2-10-28-13-14-3-5-15(20)6-4-14/h3-8,11H,2,9-10,12-13H2,1H3,(H,23,25). The summed E-state index contributed by atoms with van der Waals surface area (Å²) in [4.78, 5) is 12.2. The molecule has 0 saturated carbocycles. The Labute approximate surface area is 190 Å². The molecule has 2 aromatic carbocycles. The van der Waals surface area contributed by atoms with E-state index in [1.54, 1.807) is 11.8 Å². The highest BCUT2D eigenvalue weighted by Crippen LogP contribution is 2.30. The molecule has 1 N–H and O–H groups in total. The normalized spacial score (nSPS) is 11.3. The molecule has 2 aromatic rings. The van der Waals surface area contributed by atoms with Crippen molar-refractivity contribution in [1.29, 1.82) is 0 Å². The zero-order chi connectivity index (χ0) is 21.4. The van der Waals surface area contributed by atoms with Gasteiger partial charge < -0.3 is 5.32 Å². The number of sulfonamides is 1. The Bertz CT molecular complexity index is 938. The molecule has 0 atom stereocenters. The molecule has 1 amide bonds. The van der Waals surface area contributed by atoms with E-state index < -0.39 is 15.9 Å². The Hall–Kier alpha value is -1.12. The average molecular weight is 496 g/mol. The fourth-order valence-electron chi connectivity index (χ4n) is 2.42. The van der Waals surface area contributed by atoms with Crippen LogP contribution in [0, 0.1) is 0 Å². The van der Waals surface area contributed by atoms with Crippen LogP contribution in [0.2, 0.25) is 15.1 Å². The predicted octanol–water partition coefficient (Wildman–Crippen LogP) is 4.85. The van der Waals surface area contributed by atoms with Gasteiger partial charge in [-0.2, -0.15) is 11.8 Å². The molecule has 2 rings (SSSR count). The number of amides is 1. The van der Waals surface area contributed by atoms with E-state index in [9.17, 15) is 13.2 Å². The number of hydrogen-bond donors (Lipinski definition) is 1. The molecule has 0 aliphatic heterocycles. The SMILES string of the molecule is CS(=O)(=O)N(CC(=O)NCCCSCc1ccc(Cl)cc1)c1ccc(Cl)cc1Cl. The third-order valence-corrected chi connectivity index (χ3v) is 6.87. The molecular formula is C19H21Cl3N2O3S2. The zero-order valence-electron chi connectivity index (χ0n) is 15.7. The molecule has 0 aliphatic rings. The lowest BCUT2D eigenvalue weighted by Gasteiger charge is -2.23. The topological polar surface area (TPSA) is 66.5 Å². The van der Waals surface area contributed by atoms with Crippen LogP contribution < -0.4 is 9.62 Å². The summed E-state index contributed by atoms with van der Waals surface area (Å²) in [6.07, 6.45) is 1.79. The molecule has 10 heteroatoms. The number of thioether (sulfide) groups is 1. The number of halogens is 3. The third kappa shape index (κ3) is 8.26. The van der Waals surface area contributed by atoms with Gasteiger partial charge in [-0.15, -0.1) is 0 Å². The lowest BCUT2D eigenvalue weighted by Crippen LogP contribution is -2.40. The van der Waals surface area contributed by atoms with Crippen LogP contribution in [0.5, 0.6) is 0 Å². The number of rotatable bonds is 10. The molecule has 0 fully saturated rings. The first-order chi connectivity index (χ1) is 13.7. The summed E-state index contributed by atoms with van der Waals surface area (Å²) in [7, 11) is -3.69. The second-order valence-corrected chi connectivity index (χ2v) is 10.5. The van der Waals surface area contributed by atoms with Crippen molar-refractivity contribution >= 4 is 68.2 Å². The van der Waals surface area contributed by atoms with Crippen LogP contribution in [0.4, 0.5) is 5.69 Å². The van der Waals surface area contributed by atoms with Crippen LogP contribution in [0.3, 0.4) is 0 Å². The van der Waals surface area contributed by atoms with E-state index in [-0.39, 0.29) is 17.3 Å². The number of hydrogen-bond acceptors (Lipinski definition) is 4. The highest BCUT2D eigenvalue weighted by Gasteiger charge is 2.23. The van der Waals surface area contributed by atoms with Gasteiger partial charge >= 0.3 is 0 Å². The summed E-state index contributed by atoms with van der Waals surface area (Å²) in [5.74, 6) is 1.33. The number of benzene rings is 2. The largest absolute Gasteiger partial charge is 0.354 e. The van der Waals surface area contributed by atoms with E-state index in [1.165, 1.54) is 23.8 Å². The second-order valence-electron chi connectivity index (χ2n) is 6.25. The van der Waals surface area contributed by atoms with Crippen molar-refractivity contribution in [2.45, 2.75) is 12.2 Å². The predicted molar refractivity (Wildman–Crippen MR) is 124 cm³/mol. The Morgan fingerprint density at radius 2 is 1.72 bits per heavy atom. The Morgan fingerprint density at radius 3 is 2.34 bits per heavy atom. The first-order valence-electron chi connectivity index (χ1n) is 8.68. The molecular weight excluding hydrogens is 475 g/mol. The van der Waals surface area contributed by atoms with Crippen molar-refractivity contribution in [3.8, 4) is 0 Å².